The first-order valence-electron chi connectivity index (χ1n) is 11.4. The predicted molar refractivity (Wildman–Crippen MR) is 135 cm³/mol. The van der Waals surface area contributed by atoms with Crippen LogP contribution in [0.3, 0.4) is 0 Å². The molecule has 0 spiro atoms. The maximum absolute atomic E-state index is 12.6. The van der Waals surface area contributed by atoms with E-state index in [1.807, 2.05) is 0 Å². The fourth-order valence-electron chi connectivity index (χ4n) is 3.12. The Morgan fingerprint density at radius 3 is 2.51 bits per heavy atom. The van der Waals surface area contributed by atoms with Gasteiger partial charge < -0.3 is 24.1 Å². The molecular weight excluding hydrogens is 550 g/mol. The smallest absolute Gasteiger partial charge is 0.408 e. The van der Waals surface area contributed by atoms with E-state index in [1.54, 1.807) is 58.9 Å². The van der Waals surface area contributed by atoms with Crippen LogP contribution in [-0.4, -0.2) is 50.6 Å². The van der Waals surface area contributed by atoms with Gasteiger partial charge in [0.2, 0.25) is 17.6 Å². The standard InChI is InChI=1S/C24H28BrN5O7/c1-6-34-18(31)11-30-13-26-21(19(25)22(30)32)35-12-17(28-23(33)36-24(3,4)5)15-7-9-16(10-8-15)20-27-14(2)37-29-20/h7-10,13,17H,6,11-12H2,1-5H3,(H,28,33)/t17-/m0/s1. The van der Waals surface area contributed by atoms with Gasteiger partial charge in [-0.3, -0.25) is 14.2 Å². The second-order valence-electron chi connectivity index (χ2n) is 8.87. The van der Waals surface area contributed by atoms with Crippen molar-refractivity contribution in [2.24, 2.45) is 0 Å². The largest absolute Gasteiger partial charge is 0.474 e. The zero-order valence-corrected chi connectivity index (χ0v) is 22.7. The molecule has 0 aliphatic carbocycles. The van der Waals surface area contributed by atoms with Crippen molar-refractivity contribution < 1.29 is 28.3 Å². The first-order valence-corrected chi connectivity index (χ1v) is 12.2. The second-order valence-corrected chi connectivity index (χ2v) is 9.66. The lowest BCUT2D eigenvalue weighted by atomic mass is 10.1. The molecule has 12 nitrogen and oxygen atoms in total. The van der Waals surface area contributed by atoms with Gasteiger partial charge in [0.05, 0.1) is 12.6 Å². The van der Waals surface area contributed by atoms with Crippen LogP contribution in [0.2, 0.25) is 0 Å². The molecule has 1 amide bonds. The van der Waals surface area contributed by atoms with Crippen molar-refractivity contribution in [1.29, 1.82) is 0 Å². The molecule has 3 rings (SSSR count). The Morgan fingerprint density at radius 1 is 1.22 bits per heavy atom. The number of nitrogens with one attached hydrogen (secondary N) is 1. The quantitative estimate of drug-likeness (QED) is 0.374. The van der Waals surface area contributed by atoms with Crippen molar-refractivity contribution in [2.75, 3.05) is 13.2 Å². The van der Waals surface area contributed by atoms with Crippen LogP contribution in [0.25, 0.3) is 11.4 Å². The molecule has 0 aliphatic heterocycles. The number of rotatable bonds is 9. The summed E-state index contributed by atoms with van der Waals surface area (Å²) in [6.07, 6.45) is 0.549. The number of benzene rings is 1. The Hall–Kier alpha value is -3.74. The van der Waals surface area contributed by atoms with E-state index in [0.29, 0.717) is 17.3 Å². The number of carbonyl (C=O) groups excluding carboxylic acids is 2. The van der Waals surface area contributed by atoms with Gasteiger partial charge in [0.1, 0.15) is 29.6 Å². The molecule has 0 saturated heterocycles. The van der Waals surface area contributed by atoms with E-state index in [4.69, 9.17) is 18.7 Å². The molecule has 0 radical (unpaired) electrons. The highest BCUT2D eigenvalue weighted by atomic mass is 79.9. The summed E-state index contributed by atoms with van der Waals surface area (Å²) in [5.41, 5.74) is 0.201. The van der Waals surface area contributed by atoms with E-state index >= 15 is 0 Å². The third-order valence-corrected chi connectivity index (χ3v) is 5.41. The molecule has 2 heterocycles. The van der Waals surface area contributed by atoms with E-state index < -0.39 is 29.3 Å². The average molecular weight is 578 g/mol. The molecule has 0 fully saturated rings. The monoisotopic (exact) mass is 577 g/mol. The van der Waals surface area contributed by atoms with Crippen LogP contribution in [-0.2, 0) is 20.8 Å². The van der Waals surface area contributed by atoms with Gasteiger partial charge in [0, 0.05) is 12.5 Å². The van der Waals surface area contributed by atoms with Gasteiger partial charge in [-0.2, -0.15) is 4.98 Å². The summed E-state index contributed by atoms with van der Waals surface area (Å²) in [4.78, 5) is 45.2. The normalized spacial score (nSPS) is 12.1. The van der Waals surface area contributed by atoms with E-state index in [2.05, 4.69) is 36.4 Å². The minimum Gasteiger partial charge on any atom is -0.474 e. The number of hydrogen-bond acceptors (Lipinski definition) is 10. The van der Waals surface area contributed by atoms with Crippen LogP contribution in [0.15, 0.2) is 44.4 Å². The van der Waals surface area contributed by atoms with Crippen LogP contribution in [0.1, 0.15) is 45.2 Å². The summed E-state index contributed by atoms with van der Waals surface area (Å²) in [6.45, 7) is 8.48. The average Bonchev–Trinajstić information content (AvgIpc) is 3.26. The van der Waals surface area contributed by atoms with E-state index in [1.165, 1.54) is 6.33 Å². The second kappa shape index (κ2) is 12.0. The molecule has 37 heavy (non-hydrogen) atoms. The molecule has 1 aromatic carbocycles. The first kappa shape index (κ1) is 27.8. The molecule has 0 bridgehead atoms. The highest BCUT2D eigenvalue weighted by Gasteiger charge is 2.23. The lowest BCUT2D eigenvalue weighted by Crippen LogP contribution is -2.37. The van der Waals surface area contributed by atoms with Crippen molar-refractivity contribution in [3.8, 4) is 17.3 Å². The number of nitrogens with zero attached hydrogens (tertiary/aromatic N) is 4. The Balaban J connectivity index is 1.80. The van der Waals surface area contributed by atoms with Gasteiger partial charge in [0.25, 0.3) is 5.56 Å². The van der Waals surface area contributed by atoms with Gasteiger partial charge in [-0.25, -0.2) is 9.78 Å². The minimum atomic E-state index is -0.705. The lowest BCUT2D eigenvalue weighted by molar-refractivity contribution is -0.143. The van der Waals surface area contributed by atoms with E-state index in [0.717, 1.165) is 10.1 Å². The van der Waals surface area contributed by atoms with Crippen LogP contribution in [0.4, 0.5) is 4.79 Å². The summed E-state index contributed by atoms with van der Waals surface area (Å²) in [6, 6.07) is 6.48. The number of aromatic nitrogens is 4. The van der Waals surface area contributed by atoms with Crippen molar-refractivity contribution in [3.63, 3.8) is 0 Å². The van der Waals surface area contributed by atoms with Crippen LogP contribution in [0, 0.1) is 6.92 Å². The number of ether oxygens (including phenoxy) is 3. The molecule has 1 N–H and O–H groups in total. The Labute approximate surface area is 221 Å². The Kier molecular flexibility index (Phi) is 9.03. The highest BCUT2D eigenvalue weighted by Crippen LogP contribution is 2.23. The number of alkyl carbamates (subject to hydrolysis) is 1. The van der Waals surface area contributed by atoms with Gasteiger partial charge in [0.15, 0.2) is 0 Å². The fourth-order valence-corrected chi connectivity index (χ4v) is 3.57. The van der Waals surface area contributed by atoms with Crippen molar-refractivity contribution in [2.45, 2.75) is 52.8 Å². The third kappa shape index (κ3) is 7.87. The number of hydrogen-bond donors (Lipinski definition) is 1. The van der Waals surface area contributed by atoms with Gasteiger partial charge in [-0.1, -0.05) is 29.4 Å². The zero-order valence-electron chi connectivity index (χ0n) is 21.1. The molecular formula is C24H28BrN5O7. The summed E-state index contributed by atoms with van der Waals surface area (Å²) in [7, 11) is 0. The summed E-state index contributed by atoms with van der Waals surface area (Å²) in [5, 5.41) is 6.69. The summed E-state index contributed by atoms with van der Waals surface area (Å²) in [5.74, 6) is 0.320. The van der Waals surface area contributed by atoms with Crippen molar-refractivity contribution in [3.05, 3.63) is 56.9 Å². The number of carbonyl (C=O) groups is 2. The molecule has 3 aromatic rings. The van der Waals surface area contributed by atoms with E-state index in [-0.39, 0.29) is 30.1 Å². The maximum Gasteiger partial charge on any atom is 0.408 e. The molecule has 0 saturated carbocycles. The fraction of sp³-hybridized carbons (Fsp3) is 0.417. The topological polar surface area (TPSA) is 148 Å². The molecule has 13 heteroatoms. The van der Waals surface area contributed by atoms with Gasteiger partial charge >= 0.3 is 12.1 Å². The van der Waals surface area contributed by atoms with Crippen LogP contribution >= 0.6 is 15.9 Å². The number of aryl methyl sites for hydroxylation is 1. The molecule has 0 aliphatic rings. The van der Waals surface area contributed by atoms with Crippen LogP contribution < -0.4 is 15.6 Å². The van der Waals surface area contributed by atoms with Crippen molar-refractivity contribution in [1.82, 2.24) is 25.0 Å². The maximum atomic E-state index is 12.6. The number of esters is 1. The molecule has 1 atom stereocenters. The molecule has 2 aromatic heterocycles. The zero-order chi connectivity index (χ0) is 27.2. The summed E-state index contributed by atoms with van der Waals surface area (Å²) < 4.78 is 22.2. The predicted octanol–water partition coefficient (Wildman–Crippen LogP) is 3.57. The van der Waals surface area contributed by atoms with Crippen LogP contribution in [0.5, 0.6) is 5.88 Å². The molecule has 0 unspecified atom stereocenters. The number of halogens is 1. The molecule has 198 valence electrons. The lowest BCUT2D eigenvalue weighted by Gasteiger charge is -2.24. The number of amides is 1. The SMILES string of the molecule is CCOC(=O)Cn1cnc(OC[C@H](NC(=O)OC(C)(C)C)c2ccc(-c3noc(C)n3)cc2)c(Br)c1=O. The Bertz CT molecular complexity index is 1300. The third-order valence-electron chi connectivity index (χ3n) is 4.73. The first-order chi connectivity index (χ1) is 17.5. The summed E-state index contributed by atoms with van der Waals surface area (Å²) >= 11 is 3.19. The van der Waals surface area contributed by atoms with Gasteiger partial charge in [-0.05, 0) is 49.2 Å². The van der Waals surface area contributed by atoms with Gasteiger partial charge in [-0.15, -0.1) is 0 Å². The minimum absolute atomic E-state index is 0.00000918. The van der Waals surface area contributed by atoms with E-state index in [9.17, 15) is 14.4 Å². The Morgan fingerprint density at radius 2 is 1.92 bits per heavy atom. The highest BCUT2D eigenvalue weighted by molar-refractivity contribution is 9.10. The van der Waals surface area contributed by atoms with Crippen molar-refractivity contribution >= 4 is 28.0 Å².